The molecule has 1 N–H and O–H groups in total. The highest BCUT2D eigenvalue weighted by molar-refractivity contribution is 7.80. The minimum absolute atomic E-state index is 0.00459. The largest absolute Gasteiger partial charge is 0.352 e. The number of nitrogens with one attached hydrogen (secondary N) is 1. The van der Waals surface area contributed by atoms with Crippen molar-refractivity contribution in [3.05, 3.63) is 118 Å². The van der Waals surface area contributed by atoms with Gasteiger partial charge in [-0.15, -0.1) is 0 Å². The molecule has 0 aliphatic carbocycles. The summed E-state index contributed by atoms with van der Waals surface area (Å²) >= 11 is 12.4. The lowest BCUT2D eigenvalue weighted by molar-refractivity contribution is 0.310. The molecule has 2 aromatic heterocycles. The Morgan fingerprint density at radius 1 is 0.970 bits per heavy atom. The number of benzene rings is 2. The van der Waals surface area contributed by atoms with Crippen LogP contribution in [-0.4, -0.2) is 19.6 Å². The van der Waals surface area contributed by atoms with Crippen LogP contribution < -0.4 is 5.32 Å². The Hall–Kier alpha value is -3.15. The molecule has 6 heteroatoms. The van der Waals surface area contributed by atoms with Crippen LogP contribution in [0.2, 0.25) is 5.02 Å². The van der Waals surface area contributed by atoms with Crippen LogP contribution in [0.3, 0.4) is 0 Å². The van der Waals surface area contributed by atoms with Gasteiger partial charge >= 0.3 is 0 Å². The monoisotopic (exact) mass is 472 g/mol. The smallest absolute Gasteiger partial charge is 0.170 e. The molecule has 2 aromatic carbocycles. The molecule has 166 valence electrons. The van der Waals surface area contributed by atoms with Gasteiger partial charge in [-0.3, -0.25) is 4.98 Å². The number of thiocarbonyl (C=S) groups is 1. The normalized spacial score (nSPS) is 17.9. The molecule has 1 saturated heterocycles. The zero-order valence-corrected chi connectivity index (χ0v) is 20.1. The summed E-state index contributed by atoms with van der Waals surface area (Å²) in [4.78, 5) is 6.95. The number of aryl methyl sites for hydroxylation is 1. The van der Waals surface area contributed by atoms with E-state index in [9.17, 15) is 0 Å². The maximum absolute atomic E-state index is 6.58. The van der Waals surface area contributed by atoms with Crippen molar-refractivity contribution in [2.45, 2.75) is 32.5 Å². The Balaban J connectivity index is 1.63. The third-order valence-corrected chi connectivity index (χ3v) is 6.95. The molecular weight excluding hydrogens is 448 g/mol. The molecule has 4 aromatic rings. The van der Waals surface area contributed by atoms with Gasteiger partial charge in [0.2, 0.25) is 0 Å². The first-order chi connectivity index (χ1) is 16.0. The van der Waals surface area contributed by atoms with E-state index in [1.807, 2.05) is 42.6 Å². The van der Waals surface area contributed by atoms with E-state index in [1.54, 1.807) is 0 Å². The van der Waals surface area contributed by atoms with E-state index in [2.05, 4.69) is 76.1 Å². The number of hydrogen-bond acceptors (Lipinski definition) is 2. The fourth-order valence-corrected chi connectivity index (χ4v) is 5.31. The molecule has 33 heavy (non-hydrogen) atoms. The summed E-state index contributed by atoms with van der Waals surface area (Å²) in [6, 6.07) is 26.6. The van der Waals surface area contributed by atoms with E-state index in [-0.39, 0.29) is 12.1 Å². The van der Waals surface area contributed by atoms with Crippen molar-refractivity contribution in [3.63, 3.8) is 0 Å². The number of pyridine rings is 1. The molecule has 0 bridgehead atoms. The Kier molecular flexibility index (Phi) is 5.92. The number of para-hydroxylation sites is 1. The minimum Gasteiger partial charge on any atom is -0.352 e. The lowest BCUT2D eigenvalue weighted by atomic mass is 9.96. The fourth-order valence-electron chi connectivity index (χ4n) is 4.79. The van der Waals surface area contributed by atoms with Crippen molar-refractivity contribution in [3.8, 4) is 5.69 Å². The average molecular weight is 473 g/mol. The molecule has 1 aliphatic heterocycles. The van der Waals surface area contributed by atoms with E-state index >= 15 is 0 Å². The van der Waals surface area contributed by atoms with Crippen LogP contribution in [0.4, 0.5) is 0 Å². The van der Waals surface area contributed by atoms with Gasteiger partial charge in [-0.2, -0.15) is 0 Å². The van der Waals surface area contributed by atoms with E-state index in [4.69, 9.17) is 23.8 Å². The van der Waals surface area contributed by atoms with Crippen molar-refractivity contribution in [2.75, 3.05) is 0 Å². The molecule has 0 amide bonds. The highest BCUT2D eigenvalue weighted by atomic mass is 35.5. The molecule has 1 fully saturated rings. The van der Waals surface area contributed by atoms with Crippen molar-refractivity contribution in [2.24, 2.45) is 0 Å². The maximum atomic E-state index is 6.58. The highest BCUT2D eigenvalue weighted by Crippen LogP contribution is 2.42. The van der Waals surface area contributed by atoms with Gasteiger partial charge in [0.05, 0.1) is 28.5 Å². The van der Waals surface area contributed by atoms with Gasteiger partial charge in [0, 0.05) is 24.1 Å². The second kappa shape index (κ2) is 9.00. The second-order valence-electron chi connectivity index (χ2n) is 8.35. The summed E-state index contributed by atoms with van der Waals surface area (Å²) < 4.78 is 2.23. The number of hydrogen-bond donors (Lipinski definition) is 1. The quantitative estimate of drug-likeness (QED) is 0.345. The molecule has 0 saturated carbocycles. The first kappa shape index (κ1) is 21.7. The molecule has 2 atom stereocenters. The zero-order valence-electron chi connectivity index (χ0n) is 18.6. The van der Waals surface area contributed by atoms with Crippen LogP contribution in [0.25, 0.3) is 5.69 Å². The second-order valence-corrected chi connectivity index (χ2v) is 9.15. The van der Waals surface area contributed by atoms with Gasteiger partial charge in [-0.25, -0.2) is 0 Å². The SMILES string of the molecule is Cc1cc(C2C(c3ccccn3)NC(=S)N2Cc2ccccc2)c(C)n1-c1ccccc1Cl. The van der Waals surface area contributed by atoms with Gasteiger partial charge in [0.1, 0.15) is 0 Å². The third-order valence-electron chi connectivity index (χ3n) is 6.28. The molecule has 1 aliphatic rings. The van der Waals surface area contributed by atoms with Crippen LogP contribution in [0.1, 0.15) is 40.3 Å². The fraction of sp³-hybridized carbons (Fsp3) is 0.185. The molecule has 0 spiro atoms. The van der Waals surface area contributed by atoms with Gasteiger partial charge in [-0.05, 0) is 67.5 Å². The van der Waals surface area contributed by atoms with Crippen molar-refractivity contribution < 1.29 is 0 Å². The Morgan fingerprint density at radius 3 is 2.42 bits per heavy atom. The molecule has 0 radical (unpaired) electrons. The Bertz CT molecular complexity index is 1290. The van der Waals surface area contributed by atoms with Crippen LogP contribution in [0.5, 0.6) is 0 Å². The molecular formula is C27H25ClN4S. The summed E-state index contributed by atoms with van der Waals surface area (Å²) in [5.74, 6) is 0. The first-order valence-corrected chi connectivity index (χ1v) is 11.8. The number of rotatable bonds is 5. The predicted octanol–water partition coefficient (Wildman–Crippen LogP) is 6.32. The van der Waals surface area contributed by atoms with Crippen molar-refractivity contribution in [1.82, 2.24) is 19.8 Å². The topological polar surface area (TPSA) is 33.1 Å². The molecule has 3 heterocycles. The van der Waals surface area contributed by atoms with Crippen molar-refractivity contribution >= 4 is 28.9 Å². The van der Waals surface area contributed by atoms with Gasteiger partial charge in [0.25, 0.3) is 0 Å². The van der Waals surface area contributed by atoms with Crippen LogP contribution in [-0.2, 0) is 6.54 Å². The molecule has 2 unspecified atom stereocenters. The maximum Gasteiger partial charge on any atom is 0.170 e. The number of halogens is 1. The van der Waals surface area contributed by atoms with Gasteiger partial charge in [-0.1, -0.05) is 60.1 Å². The highest BCUT2D eigenvalue weighted by Gasteiger charge is 2.41. The van der Waals surface area contributed by atoms with E-state index in [0.717, 1.165) is 39.4 Å². The van der Waals surface area contributed by atoms with Crippen LogP contribution in [0, 0.1) is 13.8 Å². The first-order valence-electron chi connectivity index (χ1n) is 11.0. The minimum atomic E-state index is -0.0531. The zero-order chi connectivity index (χ0) is 22.9. The van der Waals surface area contributed by atoms with Gasteiger partial charge < -0.3 is 14.8 Å². The average Bonchev–Trinajstić information content (AvgIpc) is 3.30. The summed E-state index contributed by atoms with van der Waals surface area (Å²) in [6.45, 7) is 5.00. The van der Waals surface area contributed by atoms with E-state index in [0.29, 0.717) is 0 Å². The van der Waals surface area contributed by atoms with Crippen LogP contribution >= 0.6 is 23.8 Å². The summed E-state index contributed by atoms with van der Waals surface area (Å²) in [6.07, 6.45) is 1.84. The summed E-state index contributed by atoms with van der Waals surface area (Å²) in [5.41, 5.74) is 6.67. The lowest BCUT2D eigenvalue weighted by Crippen LogP contribution is -2.29. The summed E-state index contributed by atoms with van der Waals surface area (Å²) in [7, 11) is 0. The van der Waals surface area contributed by atoms with E-state index < -0.39 is 0 Å². The summed E-state index contributed by atoms with van der Waals surface area (Å²) in [5, 5.41) is 5.02. The predicted molar refractivity (Wildman–Crippen MR) is 138 cm³/mol. The number of aromatic nitrogens is 2. The van der Waals surface area contributed by atoms with Crippen LogP contribution in [0.15, 0.2) is 85.1 Å². The standard InChI is InChI=1S/C27H25ClN4S/c1-18-16-21(19(2)32(18)24-14-7-6-12-22(24)28)26-25(23-13-8-9-15-29-23)30-27(33)31(26)17-20-10-4-3-5-11-20/h3-16,25-26H,17H2,1-2H3,(H,30,33). The molecule has 5 rings (SSSR count). The van der Waals surface area contributed by atoms with E-state index in [1.165, 1.54) is 11.1 Å². The third kappa shape index (κ3) is 4.03. The van der Waals surface area contributed by atoms with Crippen molar-refractivity contribution in [1.29, 1.82) is 0 Å². The molecule has 4 nitrogen and oxygen atoms in total. The Labute approximate surface area is 204 Å². The lowest BCUT2D eigenvalue weighted by Gasteiger charge is -2.28. The Morgan fingerprint density at radius 2 is 1.70 bits per heavy atom. The van der Waals surface area contributed by atoms with Gasteiger partial charge in [0.15, 0.2) is 5.11 Å². The number of nitrogens with zero attached hydrogens (tertiary/aromatic N) is 3.